The Morgan fingerprint density at radius 2 is 2.33 bits per heavy atom. The van der Waals surface area contributed by atoms with Crippen LogP contribution in [-0.2, 0) is 10.0 Å². The number of tetrazole rings is 1. The Labute approximate surface area is 87.7 Å². The minimum atomic E-state index is -3.22. The van der Waals surface area contributed by atoms with Crippen LogP contribution >= 0.6 is 0 Å². The van der Waals surface area contributed by atoms with Crippen LogP contribution in [0.15, 0.2) is 0 Å². The number of aromatic nitrogens is 4. The largest absolute Gasteiger partial charge is 0.212 e. The fraction of sp³-hybridized carbons (Fsp3) is 0.857. The van der Waals surface area contributed by atoms with Crippen molar-refractivity contribution >= 4 is 10.0 Å². The van der Waals surface area contributed by atoms with Crippen LogP contribution in [0.2, 0.25) is 0 Å². The summed E-state index contributed by atoms with van der Waals surface area (Å²) in [5, 5.41) is 13.1. The molecule has 1 heterocycles. The summed E-state index contributed by atoms with van der Waals surface area (Å²) >= 11 is 0. The maximum Gasteiger partial charge on any atom is 0.212 e. The second-order valence-electron chi connectivity index (χ2n) is 3.83. The van der Waals surface area contributed by atoms with E-state index in [9.17, 15) is 8.42 Å². The molecule has 1 atom stereocenters. The topological polar surface area (TPSA) is 101 Å². The van der Waals surface area contributed by atoms with E-state index in [4.69, 9.17) is 0 Å². The monoisotopic (exact) mass is 231 g/mol. The third-order valence-corrected chi connectivity index (χ3v) is 3.88. The molecule has 15 heavy (non-hydrogen) atoms. The van der Waals surface area contributed by atoms with Crippen molar-refractivity contribution in [1.82, 2.24) is 25.3 Å². The molecule has 0 spiro atoms. The Bertz CT molecular complexity index is 411. The first kappa shape index (κ1) is 10.5. The zero-order valence-corrected chi connectivity index (χ0v) is 9.16. The first-order chi connectivity index (χ1) is 7.07. The normalized spacial score (nSPS) is 19.0. The van der Waals surface area contributed by atoms with Gasteiger partial charge >= 0.3 is 0 Å². The second-order valence-corrected chi connectivity index (χ2v) is 5.63. The van der Waals surface area contributed by atoms with Gasteiger partial charge in [-0.25, -0.2) is 13.1 Å². The lowest BCUT2D eigenvalue weighted by Crippen LogP contribution is -2.30. The Kier molecular flexibility index (Phi) is 2.70. The van der Waals surface area contributed by atoms with Crippen molar-refractivity contribution in [3.05, 3.63) is 5.82 Å². The molecule has 1 aromatic rings. The lowest BCUT2D eigenvalue weighted by Gasteiger charge is -2.09. The Balaban J connectivity index is 1.95. The number of nitrogens with zero attached hydrogens (tertiary/aromatic N) is 3. The number of sulfonamides is 1. The maximum atomic E-state index is 11.6. The molecule has 1 fully saturated rings. The minimum Gasteiger partial charge on any atom is -0.212 e. The molecule has 8 heteroatoms. The van der Waals surface area contributed by atoms with Crippen molar-refractivity contribution in [1.29, 1.82) is 0 Å². The van der Waals surface area contributed by atoms with Gasteiger partial charge in [-0.15, -0.1) is 10.2 Å². The lowest BCUT2D eigenvalue weighted by molar-refractivity contribution is 0.556. The molecular weight excluding hydrogens is 218 g/mol. The summed E-state index contributed by atoms with van der Waals surface area (Å²) in [6.45, 7) is 1.69. The van der Waals surface area contributed by atoms with Gasteiger partial charge in [0.25, 0.3) is 0 Å². The molecular formula is C7H13N5O2S. The van der Waals surface area contributed by atoms with Gasteiger partial charge in [-0.1, -0.05) is 5.21 Å². The van der Waals surface area contributed by atoms with Crippen LogP contribution in [0.25, 0.3) is 0 Å². The molecule has 7 nitrogen and oxygen atoms in total. The van der Waals surface area contributed by atoms with E-state index in [0.717, 1.165) is 12.8 Å². The molecule has 1 saturated carbocycles. The minimum absolute atomic E-state index is 0.204. The van der Waals surface area contributed by atoms with Gasteiger partial charge in [-0.05, 0) is 25.7 Å². The van der Waals surface area contributed by atoms with E-state index in [0.29, 0.717) is 11.7 Å². The van der Waals surface area contributed by atoms with Crippen LogP contribution in [0, 0.1) is 5.92 Å². The first-order valence-electron chi connectivity index (χ1n) is 4.80. The molecule has 0 aromatic carbocycles. The third kappa shape index (κ3) is 2.96. The Morgan fingerprint density at radius 1 is 1.60 bits per heavy atom. The zero-order valence-electron chi connectivity index (χ0n) is 8.34. The van der Waals surface area contributed by atoms with Gasteiger partial charge in [0, 0.05) is 0 Å². The Hall–Kier alpha value is -1.02. The molecule has 84 valence electrons. The third-order valence-electron chi connectivity index (χ3n) is 2.26. The van der Waals surface area contributed by atoms with Crippen LogP contribution in [0.5, 0.6) is 0 Å². The van der Waals surface area contributed by atoms with Crippen LogP contribution in [0.4, 0.5) is 0 Å². The van der Waals surface area contributed by atoms with E-state index in [1.54, 1.807) is 6.92 Å². The zero-order chi connectivity index (χ0) is 10.9. The molecule has 1 aliphatic rings. The van der Waals surface area contributed by atoms with Gasteiger partial charge in [0.1, 0.15) is 0 Å². The fourth-order valence-electron chi connectivity index (χ4n) is 1.32. The lowest BCUT2D eigenvalue weighted by atomic mass is 10.4. The highest BCUT2D eigenvalue weighted by Crippen LogP contribution is 2.30. The van der Waals surface area contributed by atoms with E-state index in [1.807, 2.05) is 0 Å². The van der Waals surface area contributed by atoms with E-state index in [2.05, 4.69) is 25.3 Å². The highest BCUT2D eigenvalue weighted by atomic mass is 32.2. The smallest absolute Gasteiger partial charge is 0.212 e. The average Bonchev–Trinajstić information content (AvgIpc) is 2.78. The van der Waals surface area contributed by atoms with E-state index < -0.39 is 16.1 Å². The molecule has 0 radical (unpaired) electrons. The van der Waals surface area contributed by atoms with Crippen molar-refractivity contribution in [2.75, 3.05) is 5.75 Å². The van der Waals surface area contributed by atoms with Gasteiger partial charge in [0.05, 0.1) is 11.8 Å². The SMILES string of the molecule is CC(NS(=O)(=O)CC1CC1)c1nn[nH]n1. The van der Waals surface area contributed by atoms with Crippen LogP contribution in [0.3, 0.4) is 0 Å². The highest BCUT2D eigenvalue weighted by molar-refractivity contribution is 7.89. The van der Waals surface area contributed by atoms with E-state index in [1.165, 1.54) is 0 Å². The second kappa shape index (κ2) is 3.86. The quantitative estimate of drug-likeness (QED) is 0.717. The summed E-state index contributed by atoms with van der Waals surface area (Å²) < 4.78 is 25.7. The molecule has 1 aromatic heterocycles. The standard InChI is InChI=1S/C7H13N5O2S/c1-5(7-8-11-12-9-7)10-15(13,14)4-6-2-3-6/h5-6,10H,2-4H2,1H3,(H,8,9,11,12). The maximum absolute atomic E-state index is 11.6. The molecule has 0 amide bonds. The summed E-state index contributed by atoms with van der Waals surface area (Å²) in [7, 11) is -3.22. The van der Waals surface area contributed by atoms with Crippen LogP contribution in [0.1, 0.15) is 31.6 Å². The van der Waals surface area contributed by atoms with Crippen molar-refractivity contribution in [3.63, 3.8) is 0 Å². The van der Waals surface area contributed by atoms with Crippen molar-refractivity contribution < 1.29 is 8.42 Å². The molecule has 2 rings (SSSR count). The molecule has 0 aliphatic heterocycles. The van der Waals surface area contributed by atoms with Gasteiger partial charge in [-0.2, -0.15) is 5.21 Å². The van der Waals surface area contributed by atoms with Crippen LogP contribution < -0.4 is 4.72 Å². The van der Waals surface area contributed by atoms with Gasteiger partial charge in [0.2, 0.25) is 10.0 Å². The van der Waals surface area contributed by atoms with Gasteiger partial charge in [-0.3, -0.25) is 0 Å². The van der Waals surface area contributed by atoms with E-state index >= 15 is 0 Å². The number of rotatable bonds is 5. The Morgan fingerprint density at radius 3 is 2.87 bits per heavy atom. The predicted molar refractivity (Wildman–Crippen MR) is 52.2 cm³/mol. The highest BCUT2D eigenvalue weighted by Gasteiger charge is 2.29. The number of aromatic amines is 1. The first-order valence-corrected chi connectivity index (χ1v) is 6.45. The molecule has 1 unspecified atom stereocenters. The summed E-state index contributed by atoms with van der Waals surface area (Å²) in [4.78, 5) is 0. The van der Waals surface area contributed by atoms with Gasteiger partial charge < -0.3 is 0 Å². The van der Waals surface area contributed by atoms with Gasteiger partial charge in [0.15, 0.2) is 5.82 Å². The summed E-state index contributed by atoms with van der Waals surface area (Å²) in [6, 6.07) is -0.438. The number of nitrogens with one attached hydrogen (secondary N) is 2. The summed E-state index contributed by atoms with van der Waals surface area (Å²) in [5.41, 5.74) is 0. The van der Waals surface area contributed by atoms with Crippen molar-refractivity contribution in [2.24, 2.45) is 5.92 Å². The molecule has 2 N–H and O–H groups in total. The number of hydrogen-bond acceptors (Lipinski definition) is 5. The number of H-pyrrole nitrogens is 1. The van der Waals surface area contributed by atoms with Crippen molar-refractivity contribution in [2.45, 2.75) is 25.8 Å². The molecule has 0 bridgehead atoms. The summed E-state index contributed by atoms with van der Waals surface area (Å²) in [6.07, 6.45) is 2.02. The van der Waals surface area contributed by atoms with Crippen LogP contribution in [-0.4, -0.2) is 34.8 Å². The fourth-order valence-corrected chi connectivity index (χ4v) is 3.01. The molecule has 1 aliphatic carbocycles. The van der Waals surface area contributed by atoms with Crippen molar-refractivity contribution in [3.8, 4) is 0 Å². The molecule has 0 saturated heterocycles. The number of hydrogen-bond donors (Lipinski definition) is 2. The predicted octanol–water partition coefficient (Wildman–Crippen LogP) is -0.410. The summed E-state index contributed by atoms with van der Waals surface area (Å²) in [5.74, 6) is 0.893. The van der Waals surface area contributed by atoms with E-state index in [-0.39, 0.29) is 5.75 Å². The average molecular weight is 231 g/mol.